The van der Waals surface area contributed by atoms with E-state index in [0.29, 0.717) is 12.8 Å². The maximum atomic E-state index is 10.5. The molecule has 0 amide bonds. The minimum atomic E-state index is -0.219. The van der Waals surface area contributed by atoms with Crippen molar-refractivity contribution in [3.05, 3.63) is 0 Å². The fourth-order valence-electron chi connectivity index (χ4n) is 2.19. The molecule has 0 aliphatic rings. The van der Waals surface area contributed by atoms with Crippen LogP contribution in [0, 0.1) is 5.92 Å². The lowest BCUT2D eigenvalue weighted by atomic mass is 9.96. The highest BCUT2D eigenvalue weighted by Gasteiger charge is 2.03. The fourth-order valence-corrected chi connectivity index (χ4v) is 2.46. The zero-order valence-electron chi connectivity index (χ0n) is 11.9. The van der Waals surface area contributed by atoms with E-state index in [0.717, 1.165) is 31.6 Å². The van der Waals surface area contributed by atoms with Crippen LogP contribution in [0.5, 0.6) is 0 Å². The Labute approximate surface area is 127 Å². The van der Waals surface area contributed by atoms with Crippen molar-refractivity contribution in [2.24, 2.45) is 5.92 Å². The zero-order chi connectivity index (χ0) is 14.5. The third-order valence-electron chi connectivity index (χ3n) is 3.39. The molecule has 0 rings (SSSR count). The maximum Gasteiger partial charge on any atom is 0.221 e. The molecule has 0 saturated carbocycles. The minimum Gasteiger partial charge on any atom is -0.281 e. The number of rotatable bonds is 13. The van der Waals surface area contributed by atoms with Gasteiger partial charge in [-0.3, -0.25) is 9.59 Å². The lowest BCUT2D eigenvalue weighted by Gasteiger charge is -2.10. The van der Waals surface area contributed by atoms with Crippen LogP contribution in [-0.2, 0) is 9.59 Å². The van der Waals surface area contributed by atoms with Crippen molar-refractivity contribution in [2.75, 3.05) is 0 Å². The SMILES string of the molecule is CC(CCCCCCC(=O)Cl)CCCCCC(=O)Cl. The van der Waals surface area contributed by atoms with Crippen molar-refractivity contribution in [2.45, 2.75) is 77.6 Å². The third-order valence-corrected chi connectivity index (χ3v) is 3.77. The molecule has 0 aromatic carbocycles. The number of unbranched alkanes of at least 4 members (excludes halogenated alkanes) is 5. The van der Waals surface area contributed by atoms with Crippen molar-refractivity contribution in [3.8, 4) is 0 Å². The Hall–Kier alpha value is -0.0800. The number of halogens is 2. The molecule has 112 valence electrons. The van der Waals surface area contributed by atoms with E-state index in [1.54, 1.807) is 0 Å². The van der Waals surface area contributed by atoms with E-state index >= 15 is 0 Å². The molecule has 0 radical (unpaired) electrons. The molecule has 0 fully saturated rings. The monoisotopic (exact) mass is 308 g/mol. The van der Waals surface area contributed by atoms with Gasteiger partial charge in [0.2, 0.25) is 10.5 Å². The van der Waals surface area contributed by atoms with Crippen molar-refractivity contribution in [3.63, 3.8) is 0 Å². The van der Waals surface area contributed by atoms with Crippen LogP contribution < -0.4 is 0 Å². The predicted molar refractivity (Wildman–Crippen MR) is 81.7 cm³/mol. The summed E-state index contributed by atoms with van der Waals surface area (Å²) in [5.41, 5.74) is 0. The molecule has 1 unspecified atom stereocenters. The van der Waals surface area contributed by atoms with E-state index in [1.165, 1.54) is 32.1 Å². The summed E-state index contributed by atoms with van der Waals surface area (Å²) in [4.78, 5) is 21.1. The highest BCUT2D eigenvalue weighted by Crippen LogP contribution is 2.18. The van der Waals surface area contributed by atoms with Crippen LogP contribution >= 0.6 is 23.2 Å². The molecule has 0 bridgehead atoms. The average Bonchev–Trinajstić information content (AvgIpc) is 2.32. The van der Waals surface area contributed by atoms with Crippen molar-refractivity contribution in [1.82, 2.24) is 0 Å². The van der Waals surface area contributed by atoms with Gasteiger partial charge in [0.05, 0.1) is 0 Å². The Morgan fingerprint density at radius 2 is 1.11 bits per heavy atom. The quantitative estimate of drug-likeness (QED) is 0.335. The van der Waals surface area contributed by atoms with Gasteiger partial charge in [-0.1, -0.05) is 51.9 Å². The number of hydrogen-bond donors (Lipinski definition) is 0. The Morgan fingerprint density at radius 3 is 1.53 bits per heavy atom. The topological polar surface area (TPSA) is 34.1 Å². The summed E-state index contributed by atoms with van der Waals surface area (Å²) in [5, 5.41) is -0.438. The van der Waals surface area contributed by atoms with E-state index < -0.39 is 0 Å². The molecule has 0 N–H and O–H groups in total. The Bertz CT molecular complexity index is 255. The average molecular weight is 309 g/mol. The van der Waals surface area contributed by atoms with Gasteiger partial charge in [0.25, 0.3) is 0 Å². The minimum absolute atomic E-state index is 0.219. The van der Waals surface area contributed by atoms with Gasteiger partial charge in [-0.2, -0.15) is 0 Å². The van der Waals surface area contributed by atoms with E-state index in [1.807, 2.05) is 0 Å². The Kier molecular flexibility index (Phi) is 12.9. The summed E-state index contributed by atoms with van der Waals surface area (Å²) in [6, 6.07) is 0. The second kappa shape index (κ2) is 12.9. The van der Waals surface area contributed by atoms with Crippen LogP contribution in [0.25, 0.3) is 0 Å². The van der Waals surface area contributed by atoms with Crippen LogP contribution in [0.1, 0.15) is 77.6 Å². The molecule has 2 nitrogen and oxygen atoms in total. The van der Waals surface area contributed by atoms with Gasteiger partial charge >= 0.3 is 0 Å². The highest BCUT2D eigenvalue weighted by molar-refractivity contribution is 6.63. The zero-order valence-corrected chi connectivity index (χ0v) is 13.4. The second-order valence-corrected chi connectivity index (χ2v) is 6.21. The summed E-state index contributed by atoms with van der Waals surface area (Å²) in [5.74, 6) is 0.751. The first-order valence-electron chi connectivity index (χ1n) is 7.39. The maximum absolute atomic E-state index is 10.5. The predicted octanol–water partition coefficient (Wildman–Crippen LogP) is 5.44. The molecule has 0 heterocycles. The van der Waals surface area contributed by atoms with Crippen molar-refractivity contribution >= 4 is 33.7 Å². The summed E-state index contributed by atoms with van der Waals surface area (Å²) in [7, 11) is 0. The van der Waals surface area contributed by atoms with Crippen LogP contribution in [0.2, 0.25) is 0 Å². The first-order chi connectivity index (χ1) is 9.02. The van der Waals surface area contributed by atoms with Crippen molar-refractivity contribution in [1.29, 1.82) is 0 Å². The molecule has 0 aliphatic carbocycles. The molecule has 19 heavy (non-hydrogen) atoms. The molecule has 0 saturated heterocycles. The lowest BCUT2D eigenvalue weighted by Crippen LogP contribution is -1.96. The van der Waals surface area contributed by atoms with Gasteiger partial charge in [0, 0.05) is 12.8 Å². The van der Waals surface area contributed by atoms with Crippen molar-refractivity contribution < 1.29 is 9.59 Å². The highest BCUT2D eigenvalue weighted by atomic mass is 35.5. The number of hydrogen-bond acceptors (Lipinski definition) is 2. The normalized spacial score (nSPS) is 12.4. The Balaban J connectivity index is 3.23. The first-order valence-corrected chi connectivity index (χ1v) is 8.14. The van der Waals surface area contributed by atoms with E-state index in [4.69, 9.17) is 23.2 Å². The molecular formula is C15H26Cl2O2. The van der Waals surface area contributed by atoms with Gasteiger partial charge in [0.15, 0.2) is 0 Å². The van der Waals surface area contributed by atoms with Crippen LogP contribution in [0.4, 0.5) is 0 Å². The summed E-state index contributed by atoms with van der Waals surface area (Å²) in [6.07, 6.45) is 11.2. The van der Waals surface area contributed by atoms with Crippen LogP contribution in [0.3, 0.4) is 0 Å². The smallest absolute Gasteiger partial charge is 0.221 e. The Morgan fingerprint density at radius 1 is 0.737 bits per heavy atom. The fraction of sp³-hybridized carbons (Fsp3) is 0.867. The van der Waals surface area contributed by atoms with Gasteiger partial charge in [-0.15, -0.1) is 0 Å². The largest absolute Gasteiger partial charge is 0.281 e. The van der Waals surface area contributed by atoms with Gasteiger partial charge < -0.3 is 0 Å². The third kappa shape index (κ3) is 15.9. The molecule has 0 spiro atoms. The molecule has 4 heteroatoms. The molecular weight excluding hydrogens is 283 g/mol. The number of carbonyl (C=O) groups is 2. The van der Waals surface area contributed by atoms with Gasteiger partial charge in [-0.25, -0.2) is 0 Å². The number of carbonyl (C=O) groups excluding carboxylic acids is 2. The van der Waals surface area contributed by atoms with Crippen LogP contribution in [-0.4, -0.2) is 10.5 Å². The van der Waals surface area contributed by atoms with Gasteiger partial charge in [0.1, 0.15) is 0 Å². The van der Waals surface area contributed by atoms with E-state index in [2.05, 4.69) is 6.92 Å². The van der Waals surface area contributed by atoms with E-state index in [-0.39, 0.29) is 10.5 Å². The summed E-state index contributed by atoms with van der Waals surface area (Å²) >= 11 is 10.6. The van der Waals surface area contributed by atoms with E-state index in [9.17, 15) is 9.59 Å². The molecule has 0 aromatic rings. The molecule has 1 atom stereocenters. The second-order valence-electron chi connectivity index (χ2n) is 5.37. The molecule has 0 aromatic heterocycles. The lowest BCUT2D eigenvalue weighted by molar-refractivity contribution is -0.112. The first kappa shape index (κ1) is 18.9. The summed E-state index contributed by atoms with van der Waals surface area (Å²) in [6.45, 7) is 2.29. The molecule has 0 aliphatic heterocycles. The summed E-state index contributed by atoms with van der Waals surface area (Å²) < 4.78 is 0. The van der Waals surface area contributed by atoms with Crippen LogP contribution in [0.15, 0.2) is 0 Å². The van der Waals surface area contributed by atoms with Gasteiger partial charge in [-0.05, 0) is 42.0 Å². The standard InChI is InChI=1S/C15H26Cl2O2/c1-13(10-6-4-8-12-15(17)19)9-5-2-3-7-11-14(16)18/h13H,2-12H2,1H3.